The van der Waals surface area contributed by atoms with Crippen LogP contribution in [0.2, 0.25) is 8.67 Å². The third-order valence-corrected chi connectivity index (χ3v) is 6.11. The van der Waals surface area contributed by atoms with Crippen LogP contribution < -0.4 is 4.80 Å². The molecule has 0 radical (unpaired) electrons. The van der Waals surface area contributed by atoms with Gasteiger partial charge < -0.3 is 9.30 Å². The van der Waals surface area contributed by atoms with Gasteiger partial charge in [0.05, 0.1) is 26.7 Å². The van der Waals surface area contributed by atoms with E-state index in [1.54, 1.807) is 6.07 Å². The molecule has 8 heteroatoms. The fraction of sp³-hybridized carbons (Fsp3) is 0.294. The second-order valence-electron chi connectivity index (χ2n) is 5.36. The number of fused-ring (bicyclic) bond motifs is 1. The highest BCUT2D eigenvalue weighted by Gasteiger charge is 2.15. The van der Waals surface area contributed by atoms with Gasteiger partial charge in [0.25, 0.3) is 5.91 Å². The van der Waals surface area contributed by atoms with Crippen LogP contribution in [0.5, 0.6) is 0 Å². The Bertz CT molecular complexity index is 988. The van der Waals surface area contributed by atoms with Crippen molar-refractivity contribution in [2.24, 2.45) is 4.99 Å². The average molecular weight is 415 g/mol. The summed E-state index contributed by atoms with van der Waals surface area (Å²) >= 11 is 14.7. The molecule has 3 aromatic rings. The zero-order valence-corrected chi connectivity index (χ0v) is 16.9. The highest BCUT2D eigenvalue weighted by Crippen LogP contribution is 2.31. The topological polar surface area (TPSA) is 43.6 Å². The molecule has 0 N–H and O–H groups in total. The second-order valence-corrected chi connectivity index (χ2v) is 8.65. The zero-order valence-electron chi connectivity index (χ0n) is 13.7. The first-order valence-corrected chi connectivity index (χ1v) is 10.1. The Hall–Kier alpha value is -1.18. The first-order valence-electron chi connectivity index (χ1n) is 7.71. The maximum Gasteiger partial charge on any atom is 0.282 e. The fourth-order valence-corrected chi connectivity index (χ4v) is 5.02. The van der Waals surface area contributed by atoms with Crippen LogP contribution in [0, 0.1) is 6.92 Å². The van der Waals surface area contributed by atoms with E-state index >= 15 is 0 Å². The minimum atomic E-state index is -0.387. The predicted octanol–water partition coefficient (Wildman–Crippen LogP) is 5.16. The molecule has 0 aliphatic rings. The lowest BCUT2D eigenvalue weighted by atomic mass is 10.2. The number of aromatic nitrogens is 1. The molecule has 1 aromatic carbocycles. The minimum absolute atomic E-state index is 0.335. The number of hydrogen-bond donors (Lipinski definition) is 0. The lowest BCUT2D eigenvalue weighted by molar-refractivity contribution is 0.0997. The molecular formula is C17H16Cl2N2O2S2. The first-order chi connectivity index (χ1) is 12.0. The van der Waals surface area contributed by atoms with Gasteiger partial charge in [-0.3, -0.25) is 4.79 Å². The summed E-state index contributed by atoms with van der Waals surface area (Å²) in [7, 11) is 0. The van der Waals surface area contributed by atoms with Gasteiger partial charge in [-0.15, -0.1) is 11.3 Å². The Morgan fingerprint density at radius 2 is 2.08 bits per heavy atom. The maximum atomic E-state index is 12.5. The molecule has 0 saturated carbocycles. The van der Waals surface area contributed by atoms with Crippen molar-refractivity contribution in [1.82, 2.24) is 4.57 Å². The van der Waals surface area contributed by atoms with Crippen molar-refractivity contribution in [1.29, 1.82) is 0 Å². The summed E-state index contributed by atoms with van der Waals surface area (Å²) < 4.78 is 9.39. The number of nitrogens with zero attached hydrogens (tertiary/aromatic N) is 2. The van der Waals surface area contributed by atoms with E-state index in [2.05, 4.69) is 11.1 Å². The molecule has 0 aliphatic heterocycles. The lowest BCUT2D eigenvalue weighted by Crippen LogP contribution is -2.19. The van der Waals surface area contributed by atoms with Gasteiger partial charge in [0.1, 0.15) is 4.34 Å². The molecule has 0 unspecified atom stereocenters. The van der Waals surface area contributed by atoms with E-state index in [0.717, 1.165) is 27.1 Å². The summed E-state index contributed by atoms with van der Waals surface area (Å²) in [5.74, 6) is -0.387. The Labute approximate surface area is 163 Å². The number of hydrogen-bond acceptors (Lipinski definition) is 4. The summed E-state index contributed by atoms with van der Waals surface area (Å²) in [6, 6.07) is 7.75. The van der Waals surface area contributed by atoms with Crippen LogP contribution in [-0.4, -0.2) is 23.7 Å². The van der Waals surface area contributed by atoms with Crippen LogP contribution >= 0.6 is 45.9 Å². The summed E-state index contributed by atoms with van der Waals surface area (Å²) in [5, 5.41) is 0. The SMILES string of the molecule is CCOCCn1c(=NC(=O)c2cc(Cl)sc2Cl)sc2cc(C)ccc21. The van der Waals surface area contributed by atoms with E-state index in [9.17, 15) is 4.79 Å². The second kappa shape index (κ2) is 8.01. The molecule has 3 rings (SSSR count). The van der Waals surface area contributed by atoms with Gasteiger partial charge in [0, 0.05) is 13.2 Å². The van der Waals surface area contributed by atoms with Gasteiger partial charge in [-0.2, -0.15) is 4.99 Å². The van der Waals surface area contributed by atoms with Crippen LogP contribution in [0.25, 0.3) is 10.2 Å². The Morgan fingerprint density at radius 3 is 2.76 bits per heavy atom. The number of carbonyl (C=O) groups is 1. The summed E-state index contributed by atoms with van der Waals surface area (Å²) in [6.07, 6.45) is 0. The highest BCUT2D eigenvalue weighted by atomic mass is 35.5. The molecule has 0 bridgehead atoms. The number of ether oxygens (including phenoxy) is 1. The number of rotatable bonds is 5. The lowest BCUT2D eigenvalue weighted by Gasteiger charge is -2.05. The summed E-state index contributed by atoms with van der Waals surface area (Å²) in [4.78, 5) is 17.5. The average Bonchev–Trinajstić information content (AvgIpc) is 3.07. The molecule has 1 amide bonds. The Morgan fingerprint density at radius 1 is 1.28 bits per heavy atom. The van der Waals surface area contributed by atoms with Crippen molar-refractivity contribution in [3.05, 3.63) is 48.9 Å². The number of benzene rings is 1. The van der Waals surface area contributed by atoms with Crippen LogP contribution in [0.3, 0.4) is 0 Å². The quantitative estimate of drug-likeness (QED) is 0.541. The highest BCUT2D eigenvalue weighted by molar-refractivity contribution is 7.20. The molecule has 0 aliphatic carbocycles. The van der Waals surface area contributed by atoms with Crippen molar-refractivity contribution in [2.45, 2.75) is 20.4 Å². The van der Waals surface area contributed by atoms with Crippen LogP contribution in [0.15, 0.2) is 29.3 Å². The van der Waals surface area contributed by atoms with E-state index in [-0.39, 0.29) is 5.91 Å². The van der Waals surface area contributed by atoms with E-state index in [1.165, 1.54) is 11.3 Å². The zero-order chi connectivity index (χ0) is 18.0. The first kappa shape index (κ1) is 18.6. The molecule has 2 aromatic heterocycles. The third kappa shape index (κ3) is 4.15. The molecule has 0 saturated heterocycles. The van der Waals surface area contributed by atoms with Crippen molar-refractivity contribution < 1.29 is 9.53 Å². The smallest absolute Gasteiger partial charge is 0.282 e. The number of thiophene rings is 1. The van der Waals surface area contributed by atoms with Crippen molar-refractivity contribution in [2.75, 3.05) is 13.2 Å². The molecule has 25 heavy (non-hydrogen) atoms. The van der Waals surface area contributed by atoms with Gasteiger partial charge in [-0.05, 0) is 37.6 Å². The van der Waals surface area contributed by atoms with Gasteiger partial charge in [-0.1, -0.05) is 40.6 Å². The van der Waals surface area contributed by atoms with Crippen molar-refractivity contribution in [3.8, 4) is 0 Å². The van der Waals surface area contributed by atoms with Gasteiger partial charge in [-0.25, -0.2) is 0 Å². The Kier molecular flexibility index (Phi) is 5.96. The van der Waals surface area contributed by atoms with Crippen molar-refractivity contribution in [3.63, 3.8) is 0 Å². The molecule has 0 fully saturated rings. The van der Waals surface area contributed by atoms with E-state index in [4.69, 9.17) is 27.9 Å². The molecule has 0 spiro atoms. The normalized spacial score (nSPS) is 12.2. The molecule has 0 atom stereocenters. The predicted molar refractivity (Wildman–Crippen MR) is 105 cm³/mol. The standard InChI is InChI=1S/C17H16Cl2N2O2S2/c1-3-23-7-6-21-12-5-4-10(2)8-13(12)24-17(21)20-16(22)11-9-14(18)25-15(11)19/h4-5,8-9H,3,6-7H2,1-2H3. The summed E-state index contributed by atoms with van der Waals surface area (Å²) in [5.41, 5.74) is 2.54. The molecule has 4 nitrogen and oxygen atoms in total. The monoisotopic (exact) mass is 414 g/mol. The molecular weight excluding hydrogens is 399 g/mol. The van der Waals surface area contributed by atoms with E-state index < -0.39 is 0 Å². The molecule has 2 heterocycles. The largest absolute Gasteiger partial charge is 0.380 e. The summed E-state index contributed by atoms with van der Waals surface area (Å²) in [6.45, 7) is 5.83. The van der Waals surface area contributed by atoms with Gasteiger partial charge >= 0.3 is 0 Å². The maximum absolute atomic E-state index is 12.5. The number of halogens is 2. The van der Waals surface area contributed by atoms with E-state index in [1.807, 2.05) is 30.5 Å². The third-order valence-electron chi connectivity index (χ3n) is 3.59. The van der Waals surface area contributed by atoms with Gasteiger partial charge in [0.2, 0.25) is 0 Å². The number of aryl methyl sites for hydroxylation is 1. The Balaban J connectivity index is 2.08. The minimum Gasteiger partial charge on any atom is -0.380 e. The van der Waals surface area contributed by atoms with Crippen LogP contribution in [-0.2, 0) is 11.3 Å². The number of thiazole rings is 1. The fourth-order valence-electron chi connectivity index (χ4n) is 2.42. The van der Waals surface area contributed by atoms with Crippen LogP contribution in [0.1, 0.15) is 22.8 Å². The van der Waals surface area contributed by atoms with Crippen LogP contribution in [0.4, 0.5) is 0 Å². The number of carbonyl (C=O) groups excluding carboxylic acids is 1. The molecule has 132 valence electrons. The van der Waals surface area contributed by atoms with E-state index in [0.29, 0.717) is 38.8 Å². The van der Waals surface area contributed by atoms with Crippen molar-refractivity contribution >= 4 is 62.0 Å². The number of amides is 1. The van der Waals surface area contributed by atoms with Gasteiger partial charge in [0.15, 0.2) is 4.80 Å².